The molecular formula is C25H32Cl3N3O4S. The summed E-state index contributed by atoms with van der Waals surface area (Å²) in [6, 6.07) is 8.90. The van der Waals surface area contributed by atoms with Crippen LogP contribution in [0.1, 0.15) is 45.2 Å². The molecule has 1 atom stereocenters. The molecule has 1 N–H and O–H groups in total. The lowest BCUT2D eigenvalue weighted by Gasteiger charge is -2.34. The Balaban J connectivity index is 2.53. The monoisotopic (exact) mass is 575 g/mol. The van der Waals surface area contributed by atoms with Crippen molar-refractivity contribution in [3.63, 3.8) is 0 Å². The molecule has 2 aromatic rings. The summed E-state index contributed by atoms with van der Waals surface area (Å²) < 4.78 is 26.5. The average molecular weight is 577 g/mol. The molecule has 2 aromatic carbocycles. The first-order valence-corrected chi connectivity index (χ1v) is 14.3. The number of aryl methyl sites for hydroxylation is 1. The Kier molecular flexibility index (Phi) is 10.1. The molecular weight excluding hydrogens is 545 g/mol. The standard InChI is InChI=1S/C25H32Cl3N3O4S/c1-7-21(24(33)29-25(3,4)5)30(14-17-9-11-19(27)20(28)12-17)23(32)15-31(36(6,34)35)22-13-18(26)10-8-16(22)2/h8-13,21H,7,14-15H2,1-6H3,(H,29,33). The van der Waals surface area contributed by atoms with Crippen molar-refractivity contribution in [3.05, 3.63) is 62.6 Å². The maximum Gasteiger partial charge on any atom is 0.244 e. The van der Waals surface area contributed by atoms with Gasteiger partial charge in [-0.15, -0.1) is 0 Å². The molecule has 0 saturated carbocycles. The normalized spacial score (nSPS) is 12.7. The van der Waals surface area contributed by atoms with Gasteiger partial charge in [-0.05, 0) is 69.5 Å². The van der Waals surface area contributed by atoms with Crippen molar-refractivity contribution < 1.29 is 18.0 Å². The molecule has 0 bridgehead atoms. The van der Waals surface area contributed by atoms with E-state index in [1.165, 1.54) is 11.0 Å². The number of carbonyl (C=O) groups excluding carboxylic acids is 2. The quantitative estimate of drug-likeness (QED) is 0.430. The Labute approximate surface area is 228 Å². The number of hydrogen-bond acceptors (Lipinski definition) is 4. The first-order valence-electron chi connectivity index (χ1n) is 11.3. The Morgan fingerprint density at radius 3 is 2.19 bits per heavy atom. The van der Waals surface area contributed by atoms with Gasteiger partial charge in [0.15, 0.2) is 0 Å². The molecule has 11 heteroatoms. The molecule has 0 aliphatic carbocycles. The van der Waals surface area contributed by atoms with Crippen LogP contribution >= 0.6 is 34.8 Å². The number of carbonyl (C=O) groups is 2. The van der Waals surface area contributed by atoms with Crippen molar-refractivity contribution in [3.8, 4) is 0 Å². The maximum absolute atomic E-state index is 13.7. The number of nitrogens with one attached hydrogen (secondary N) is 1. The number of amides is 2. The summed E-state index contributed by atoms with van der Waals surface area (Å²) >= 11 is 18.4. The van der Waals surface area contributed by atoms with Gasteiger partial charge in [0.1, 0.15) is 12.6 Å². The van der Waals surface area contributed by atoms with Gasteiger partial charge in [0.25, 0.3) is 0 Å². The van der Waals surface area contributed by atoms with Gasteiger partial charge in [0.2, 0.25) is 21.8 Å². The highest BCUT2D eigenvalue weighted by atomic mass is 35.5. The zero-order valence-electron chi connectivity index (χ0n) is 21.2. The van der Waals surface area contributed by atoms with Crippen LogP contribution in [-0.4, -0.2) is 49.5 Å². The van der Waals surface area contributed by atoms with E-state index in [2.05, 4.69) is 5.32 Å². The van der Waals surface area contributed by atoms with Gasteiger partial charge in [-0.25, -0.2) is 8.42 Å². The second-order valence-corrected chi connectivity index (χ2v) is 12.8. The lowest BCUT2D eigenvalue weighted by atomic mass is 10.1. The Bertz CT molecular complexity index is 1230. The predicted octanol–water partition coefficient (Wildman–Crippen LogP) is 5.44. The highest BCUT2D eigenvalue weighted by molar-refractivity contribution is 7.92. The van der Waals surface area contributed by atoms with Gasteiger partial charge in [0.05, 0.1) is 22.0 Å². The molecule has 0 fully saturated rings. The lowest BCUT2D eigenvalue weighted by molar-refractivity contribution is -0.141. The third-order valence-corrected chi connectivity index (χ3v) is 7.44. The largest absolute Gasteiger partial charge is 0.350 e. The smallest absolute Gasteiger partial charge is 0.244 e. The number of sulfonamides is 1. The molecule has 36 heavy (non-hydrogen) atoms. The molecule has 2 rings (SSSR count). The van der Waals surface area contributed by atoms with Gasteiger partial charge in [-0.1, -0.05) is 53.9 Å². The Morgan fingerprint density at radius 2 is 1.67 bits per heavy atom. The molecule has 2 amide bonds. The van der Waals surface area contributed by atoms with Gasteiger partial charge in [-0.3, -0.25) is 13.9 Å². The van der Waals surface area contributed by atoms with Crippen molar-refractivity contribution in [2.24, 2.45) is 0 Å². The Morgan fingerprint density at radius 1 is 1.03 bits per heavy atom. The van der Waals surface area contributed by atoms with Crippen LogP contribution in [-0.2, 0) is 26.2 Å². The molecule has 0 spiro atoms. The van der Waals surface area contributed by atoms with Crippen LogP contribution in [0.2, 0.25) is 15.1 Å². The van der Waals surface area contributed by atoms with Crippen LogP contribution in [0.3, 0.4) is 0 Å². The van der Waals surface area contributed by atoms with Gasteiger partial charge >= 0.3 is 0 Å². The SMILES string of the molecule is CCC(C(=O)NC(C)(C)C)N(Cc1ccc(Cl)c(Cl)c1)C(=O)CN(c1cc(Cl)ccc1C)S(C)(=O)=O. The first kappa shape index (κ1) is 30.2. The zero-order chi connectivity index (χ0) is 27.4. The molecule has 0 aliphatic rings. The molecule has 0 radical (unpaired) electrons. The molecule has 0 aromatic heterocycles. The molecule has 1 unspecified atom stereocenters. The molecule has 0 heterocycles. The summed E-state index contributed by atoms with van der Waals surface area (Å²) in [5, 5.41) is 3.91. The van der Waals surface area contributed by atoms with E-state index in [4.69, 9.17) is 34.8 Å². The topological polar surface area (TPSA) is 86.8 Å². The van der Waals surface area contributed by atoms with Crippen molar-refractivity contribution in [1.82, 2.24) is 10.2 Å². The van der Waals surface area contributed by atoms with Crippen LogP contribution in [0, 0.1) is 6.92 Å². The first-order chi connectivity index (χ1) is 16.5. The van der Waals surface area contributed by atoms with Crippen LogP contribution < -0.4 is 9.62 Å². The highest BCUT2D eigenvalue weighted by Crippen LogP contribution is 2.28. The summed E-state index contributed by atoms with van der Waals surface area (Å²) in [5.74, 6) is -0.898. The van der Waals surface area contributed by atoms with E-state index in [0.29, 0.717) is 38.3 Å². The molecule has 198 valence electrons. The van der Waals surface area contributed by atoms with E-state index in [1.807, 2.05) is 20.8 Å². The van der Waals surface area contributed by atoms with Crippen molar-refractivity contribution in [2.75, 3.05) is 17.1 Å². The van der Waals surface area contributed by atoms with Crippen LogP contribution in [0.15, 0.2) is 36.4 Å². The van der Waals surface area contributed by atoms with Crippen LogP contribution in [0.4, 0.5) is 5.69 Å². The van der Waals surface area contributed by atoms with E-state index in [1.54, 1.807) is 44.2 Å². The summed E-state index contributed by atoms with van der Waals surface area (Å²) in [6.07, 6.45) is 1.33. The van der Waals surface area contributed by atoms with Crippen molar-refractivity contribution in [2.45, 2.75) is 59.2 Å². The van der Waals surface area contributed by atoms with Crippen LogP contribution in [0.25, 0.3) is 0 Å². The number of hydrogen-bond donors (Lipinski definition) is 1. The van der Waals surface area contributed by atoms with E-state index >= 15 is 0 Å². The minimum absolute atomic E-state index is 0.0257. The van der Waals surface area contributed by atoms with E-state index < -0.39 is 34.1 Å². The second kappa shape index (κ2) is 12.0. The fourth-order valence-corrected chi connectivity index (χ4v) is 5.04. The van der Waals surface area contributed by atoms with E-state index in [-0.39, 0.29) is 12.5 Å². The van der Waals surface area contributed by atoms with Gasteiger partial charge in [0, 0.05) is 17.1 Å². The summed E-state index contributed by atoms with van der Waals surface area (Å²) in [7, 11) is -3.86. The number of anilines is 1. The second-order valence-electron chi connectivity index (χ2n) is 9.63. The number of benzene rings is 2. The predicted molar refractivity (Wildman–Crippen MR) is 147 cm³/mol. The molecule has 0 aliphatic heterocycles. The van der Waals surface area contributed by atoms with Gasteiger partial charge < -0.3 is 10.2 Å². The number of rotatable bonds is 9. The maximum atomic E-state index is 13.7. The third kappa shape index (κ3) is 8.26. The fourth-order valence-electron chi connectivity index (χ4n) is 3.65. The van der Waals surface area contributed by atoms with E-state index in [0.717, 1.165) is 10.6 Å². The zero-order valence-corrected chi connectivity index (χ0v) is 24.3. The minimum atomic E-state index is -3.86. The number of nitrogens with zero attached hydrogens (tertiary/aromatic N) is 2. The minimum Gasteiger partial charge on any atom is -0.350 e. The van der Waals surface area contributed by atoms with Crippen molar-refractivity contribution >= 4 is 62.3 Å². The summed E-state index contributed by atoms with van der Waals surface area (Å²) in [5.41, 5.74) is 1.04. The summed E-state index contributed by atoms with van der Waals surface area (Å²) in [4.78, 5) is 28.3. The summed E-state index contributed by atoms with van der Waals surface area (Å²) in [6.45, 7) is 8.56. The van der Waals surface area contributed by atoms with E-state index in [9.17, 15) is 18.0 Å². The fraction of sp³-hybridized carbons (Fsp3) is 0.440. The highest BCUT2D eigenvalue weighted by Gasteiger charge is 2.33. The van der Waals surface area contributed by atoms with Crippen molar-refractivity contribution in [1.29, 1.82) is 0 Å². The Hall–Kier alpha value is -2.00. The van der Waals surface area contributed by atoms with Crippen LogP contribution in [0.5, 0.6) is 0 Å². The average Bonchev–Trinajstić information content (AvgIpc) is 2.74. The lowest BCUT2D eigenvalue weighted by Crippen LogP contribution is -2.55. The molecule has 0 saturated heterocycles. The third-order valence-electron chi connectivity index (χ3n) is 5.34. The number of halogens is 3. The van der Waals surface area contributed by atoms with Gasteiger partial charge in [-0.2, -0.15) is 0 Å². The molecule has 7 nitrogen and oxygen atoms in total.